The number of aromatic nitrogens is 2. The molecule has 0 saturated heterocycles. The van der Waals surface area contributed by atoms with E-state index in [-0.39, 0.29) is 0 Å². The van der Waals surface area contributed by atoms with Crippen LogP contribution in [-0.2, 0) is 19.3 Å². The fourth-order valence-electron chi connectivity index (χ4n) is 2.67. The largest absolute Gasteiger partial charge is 0.348 e. The van der Waals surface area contributed by atoms with Crippen molar-refractivity contribution >= 4 is 11.3 Å². The monoisotopic (exact) mass is 275 g/mol. The molecule has 102 valence electrons. The Kier molecular flexibility index (Phi) is 3.99. The molecule has 0 spiro atoms. The van der Waals surface area contributed by atoms with E-state index < -0.39 is 0 Å². The van der Waals surface area contributed by atoms with Gasteiger partial charge in [-0.1, -0.05) is 0 Å². The molecule has 2 aromatic rings. The number of nitrogens with zero attached hydrogens (tertiary/aromatic N) is 1. The lowest BCUT2D eigenvalue weighted by molar-refractivity contribution is 0.581. The molecule has 2 heterocycles. The molecular weight excluding hydrogens is 254 g/mol. The highest BCUT2D eigenvalue weighted by molar-refractivity contribution is 7.12. The summed E-state index contributed by atoms with van der Waals surface area (Å²) in [7, 11) is 0. The van der Waals surface area contributed by atoms with Crippen molar-refractivity contribution in [1.82, 2.24) is 15.3 Å². The molecule has 1 aliphatic rings. The number of hydrogen-bond donors (Lipinski definition) is 2. The van der Waals surface area contributed by atoms with Gasteiger partial charge < -0.3 is 10.3 Å². The van der Waals surface area contributed by atoms with Crippen LogP contribution < -0.4 is 5.32 Å². The van der Waals surface area contributed by atoms with Gasteiger partial charge >= 0.3 is 0 Å². The van der Waals surface area contributed by atoms with Gasteiger partial charge in [0.1, 0.15) is 0 Å². The standard InChI is InChI=1S/C15H21N3S/c1-11(17-7-6-13-9-16-10-18-13)15-8-12-4-2-3-5-14(12)19-15/h8-11,17H,2-7H2,1H3,(H,16,18). The topological polar surface area (TPSA) is 40.7 Å². The fourth-order valence-corrected chi connectivity index (χ4v) is 3.96. The van der Waals surface area contributed by atoms with Crippen molar-refractivity contribution in [3.63, 3.8) is 0 Å². The van der Waals surface area contributed by atoms with Gasteiger partial charge in [0, 0.05) is 40.7 Å². The van der Waals surface area contributed by atoms with E-state index in [1.165, 1.54) is 36.3 Å². The van der Waals surface area contributed by atoms with Crippen LogP contribution in [0.2, 0.25) is 0 Å². The number of H-pyrrole nitrogens is 1. The van der Waals surface area contributed by atoms with Crippen LogP contribution >= 0.6 is 11.3 Å². The normalized spacial score (nSPS) is 16.3. The Bertz CT molecular complexity index is 492. The van der Waals surface area contributed by atoms with E-state index in [0.29, 0.717) is 6.04 Å². The van der Waals surface area contributed by atoms with Crippen LogP contribution in [0.4, 0.5) is 0 Å². The van der Waals surface area contributed by atoms with E-state index >= 15 is 0 Å². The molecule has 4 heteroatoms. The van der Waals surface area contributed by atoms with E-state index in [0.717, 1.165) is 13.0 Å². The van der Waals surface area contributed by atoms with Crippen LogP contribution in [0.15, 0.2) is 18.6 Å². The van der Waals surface area contributed by atoms with Gasteiger partial charge in [0.05, 0.1) is 6.33 Å². The summed E-state index contributed by atoms with van der Waals surface area (Å²) in [5, 5.41) is 3.61. The maximum atomic E-state index is 4.04. The summed E-state index contributed by atoms with van der Waals surface area (Å²) in [6, 6.07) is 2.88. The lowest BCUT2D eigenvalue weighted by Crippen LogP contribution is -2.20. The molecule has 0 saturated carbocycles. The second-order valence-corrected chi connectivity index (χ2v) is 6.48. The first-order valence-electron chi connectivity index (χ1n) is 7.15. The Labute approximate surface area is 118 Å². The maximum Gasteiger partial charge on any atom is 0.0921 e. The third-order valence-corrected chi connectivity index (χ3v) is 5.26. The molecule has 0 aliphatic heterocycles. The molecule has 19 heavy (non-hydrogen) atoms. The predicted molar refractivity (Wildman–Crippen MR) is 79.7 cm³/mol. The molecule has 0 bridgehead atoms. The summed E-state index contributed by atoms with van der Waals surface area (Å²) in [6.45, 7) is 3.26. The summed E-state index contributed by atoms with van der Waals surface area (Å²) >= 11 is 2.01. The van der Waals surface area contributed by atoms with Crippen molar-refractivity contribution in [1.29, 1.82) is 0 Å². The number of fused-ring (bicyclic) bond motifs is 1. The van der Waals surface area contributed by atoms with Crippen LogP contribution in [-0.4, -0.2) is 16.5 Å². The zero-order chi connectivity index (χ0) is 13.1. The Hall–Kier alpha value is -1.13. The Morgan fingerprint density at radius 1 is 1.42 bits per heavy atom. The van der Waals surface area contributed by atoms with Gasteiger partial charge in [-0.25, -0.2) is 4.98 Å². The smallest absolute Gasteiger partial charge is 0.0921 e. The summed E-state index contributed by atoms with van der Waals surface area (Å²) in [5.74, 6) is 0. The quantitative estimate of drug-likeness (QED) is 0.879. The third-order valence-electron chi connectivity index (χ3n) is 3.84. The Balaban J connectivity index is 1.54. The number of rotatable bonds is 5. The van der Waals surface area contributed by atoms with Crippen molar-refractivity contribution < 1.29 is 0 Å². The summed E-state index contributed by atoms with van der Waals surface area (Å²) in [6.07, 6.45) is 9.96. The summed E-state index contributed by atoms with van der Waals surface area (Å²) in [5.41, 5.74) is 2.80. The van der Waals surface area contributed by atoms with Gasteiger partial charge in [-0.05, 0) is 44.2 Å². The number of nitrogens with one attached hydrogen (secondary N) is 2. The van der Waals surface area contributed by atoms with Crippen LogP contribution in [0.1, 0.15) is 46.8 Å². The highest BCUT2D eigenvalue weighted by Gasteiger charge is 2.16. The first-order chi connectivity index (χ1) is 9.33. The van der Waals surface area contributed by atoms with E-state index in [1.54, 1.807) is 16.8 Å². The number of imidazole rings is 1. The summed E-state index contributed by atoms with van der Waals surface area (Å²) in [4.78, 5) is 10.3. The zero-order valence-electron chi connectivity index (χ0n) is 11.4. The highest BCUT2D eigenvalue weighted by atomic mass is 32.1. The molecule has 1 unspecified atom stereocenters. The van der Waals surface area contributed by atoms with Gasteiger partial charge in [0.25, 0.3) is 0 Å². The minimum absolute atomic E-state index is 0.457. The van der Waals surface area contributed by atoms with Crippen molar-refractivity contribution in [2.45, 2.75) is 45.1 Å². The van der Waals surface area contributed by atoms with E-state index in [9.17, 15) is 0 Å². The van der Waals surface area contributed by atoms with Gasteiger partial charge in [0.15, 0.2) is 0 Å². The number of aryl methyl sites for hydroxylation is 2. The number of hydrogen-bond acceptors (Lipinski definition) is 3. The molecule has 3 nitrogen and oxygen atoms in total. The number of aromatic amines is 1. The van der Waals surface area contributed by atoms with E-state index in [2.05, 4.69) is 28.3 Å². The average Bonchev–Trinajstić information content (AvgIpc) is 3.07. The van der Waals surface area contributed by atoms with Gasteiger partial charge in [-0.3, -0.25) is 0 Å². The Morgan fingerprint density at radius 2 is 2.32 bits per heavy atom. The molecular formula is C15H21N3S. The van der Waals surface area contributed by atoms with Crippen molar-refractivity contribution in [2.24, 2.45) is 0 Å². The fraction of sp³-hybridized carbons (Fsp3) is 0.533. The SMILES string of the molecule is CC(NCCc1cnc[nH]1)c1cc2c(s1)CCCC2. The van der Waals surface area contributed by atoms with Crippen molar-refractivity contribution in [2.75, 3.05) is 6.54 Å². The summed E-state index contributed by atoms with van der Waals surface area (Å²) < 4.78 is 0. The van der Waals surface area contributed by atoms with Crippen LogP contribution in [0.25, 0.3) is 0 Å². The lowest BCUT2D eigenvalue weighted by Gasteiger charge is -2.11. The molecule has 3 rings (SSSR count). The number of thiophene rings is 1. The lowest BCUT2D eigenvalue weighted by atomic mass is 9.99. The van der Waals surface area contributed by atoms with Gasteiger partial charge in [-0.2, -0.15) is 0 Å². The molecule has 2 N–H and O–H groups in total. The van der Waals surface area contributed by atoms with Crippen molar-refractivity contribution in [3.8, 4) is 0 Å². The Morgan fingerprint density at radius 3 is 3.11 bits per heavy atom. The minimum Gasteiger partial charge on any atom is -0.348 e. The highest BCUT2D eigenvalue weighted by Crippen LogP contribution is 2.32. The van der Waals surface area contributed by atoms with Crippen LogP contribution in [0.5, 0.6) is 0 Å². The molecule has 0 fully saturated rings. The van der Waals surface area contributed by atoms with E-state index in [4.69, 9.17) is 0 Å². The molecule has 1 aliphatic carbocycles. The maximum absolute atomic E-state index is 4.04. The minimum atomic E-state index is 0.457. The van der Waals surface area contributed by atoms with Crippen LogP contribution in [0.3, 0.4) is 0 Å². The predicted octanol–water partition coefficient (Wildman–Crippen LogP) is 3.24. The second kappa shape index (κ2) is 5.88. The van der Waals surface area contributed by atoms with Gasteiger partial charge in [-0.15, -0.1) is 11.3 Å². The zero-order valence-corrected chi connectivity index (χ0v) is 12.2. The molecule has 0 radical (unpaired) electrons. The average molecular weight is 275 g/mol. The van der Waals surface area contributed by atoms with Crippen molar-refractivity contribution in [3.05, 3.63) is 39.6 Å². The molecule has 0 aromatic carbocycles. The molecule has 2 aromatic heterocycles. The molecule has 1 atom stereocenters. The first kappa shape index (κ1) is 12.9. The first-order valence-corrected chi connectivity index (χ1v) is 7.96. The third kappa shape index (κ3) is 3.07. The molecule has 0 amide bonds. The second-order valence-electron chi connectivity index (χ2n) is 5.31. The van der Waals surface area contributed by atoms with Crippen LogP contribution in [0, 0.1) is 0 Å². The van der Waals surface area contributed by atoms with Gasteiger partial charge in [0.2, 0.25) is 0 Å². The van der Waals surface area contributed by atoms with E-state index in [1.807, 2.05) is 17.5 Å².